The maximum absolute atomic E-state index is 12.6. The van der Waals surface area contributed by atoms with E-state index in [4.69, 9.17) is 0 Å². The number of aromatic amines is 1. The highest BCUT2D eigenvalue weighted by Gasteiger charge is 2.23. The zero-order valence-corrected chi connectivity index (χ0v) is 14.8. The highest BCUT2D eigenvalue weighted by molar-refractivity contribution is 5.92. The van der Waals surface area contributed by atoms with E-state index in [-0.39, 0.29) is 11.8 Å². The molecule has 1 N–H and O–H groups in total. The first-order valence-corrected chi connectivity index (χ1v) is 8.68. The summed E-state index contributed by atoms with van der Waals surface area (Å²) in [6.45, 7) is 6.44. The predicted octanol–water partition coefficient (Wildman–Crippen LogP) is 1.94. The molecule has 1 aliphatic heterocycles. The molecule has 0 atom stereocenters. The summed E-state index contributed by atoms with van der Waals surface area (Å²) in [5.41, 5.74) is 3.63. The molecule has 3 rings (SSSR count). The summed E-state index contributed by atoms with van der Waals surface area (Å²) in [5.74, 6) is 0.0567. The molecular formula is C19H24N4O2. The van der Waals surface area contributed by atoms with Crippen LogP contribution in [0.25, 0.3) is 0 Å². The molecule has 1 saturated heterocycles. The van der Waals surface area contributed by atoms with E-state index in [0.717, 1.165) is 23.4 Å². The molecule has 0 spiro atoms. The van der Waals surface area contributed by atoms with Crippen molar-refractivity contribution < 1.29 is 9.59 Å². The van der Waals surface area contributed by atoms with Gasteiger partial charge < -0.3 is 14.8 Å². The topological polar surface area (TPSA) is 69.3 Å². The average Bonchev–Trinajstić information content (AvgIpc) is 2.81. The summed E-state index contributed by atoms with van der Waals surface area (Å²) in [4.78, 5) is 36.2. The molecule has 0 unspecified atom stereocenters. The summed E-state index contributed by atoms with van der Waals surface area (Å²) in [7, 11) is 0. The molecule has 6 heteroatoms. The molecule has 1 aliphatic rings. The summed E-state index contributed by atoms with van der Waals surface area (Å²) < 4.78 is 0. The first kappa shape index (κ1) is 17.2. The van der Waals surface area contributed by atoms with Crippen LogP contribution in [0.2, 0.25) is 0 Å². The second-order valence-corrected chi connectivity index (χ2v) is 6.52. The van der Waals surface area contributed by atoms with Crippen molar-refractivity contribution >= 4 is 11.8 Å². The first-order chi connectivity index (χ1) is 12.0. The van der Waals surface area contributed by atoms with E-state index in [2.05, 4.69) is 9.97 Å². The van der Waals surface area contributed by atoms with E-state index in [1.165, 1.54) is 0 Å². The lowest BCUT2D eigenvalue weighted by atomic mass is 10.1. The van der Waals surface area contributed by atoms with E-state index in [9.17, 15) is 9.59 Å². The third-order valence-corrected chi connectivity index (χ3v) is 4.62. The first-order valence-electron chi connectivity index (χ1n) is 8.68. The Morgan fingerprint density at radius 1 is 1.12 bits per heavy atom. The number of nitrogens with one attached hydrogen (secondary N) is 1. The van der Waals surface area contributed by atoms with Crippen LogP contribution in [0.4, 0.5) is 0 Å². The van der Waals surface area contributed by atoms with Crippen molar-refractivity contribution in [3.05, 3.63) is 53.1 Å². The number of hydrogen-bond donors (Lipinski definition) is 1. The molecule has 3 heterocycles. The molecule has 0 aliphatic carbocycles. The summed E-state index contributed by atoms with van der Waals surface area (Å²) >= 11 is 0. The lowest BCUT2D eigenvalue weighted by molar-refractivity contribution is -0.130. The van der Waals surface area contributed by atoms with Gasteiger partial charge in [-0.25, -0.2) is 0 Å². The Morgan fingerprint density at radius 2 is 1.88 bits per heavy atom. The van der Waals surface area contributed by atoms with Gasteiger partial charge in [-0.3, -0.25) is 14.6 Å². The number of nitrogens with zero attached hydrogens (tertiary/aromatic N) is 3. The van der Waals surface area contributed by atoms with Crippen LogP contribution in [-0.4, -0.2) is 57.8 Å². The minimum Gasteiger partial charge on any atom is -0.362 e. The van der Waals surface area contributed by atoms with Crippen molar-refractivity contribution in [3.8, 4) is 0 Å². The SMILES string of the molecule is Cc1cc(CC(=O)N2CCCN(C(=O)c3ccccn3)CC2)c(C)[nH]1. The highest BCUT2D eigenvalue weighted by atomic mass is 16.2. The molecule has 2 amide bonds. The van der Waals surface area contributed by atoms with Crippen LogP contribution in [0, 0.1) is 13.8 Å². The molecular weight excluding hydrogens is 316 g/mol. The molecule has 2 aromatic heterocycles. The van der Waals surface area contributed by atoms with Crippen LogP contribution < -0.4 is 0 Å². The van der Waals surface area contributed by atoms with Gasteiger partial charge in [-0.15, -0.1) is 0 Å². The molecule has 0 radical (unpaired) electrons. The van der Waals surface area contributed by atoms with Crippen molar-refractivity contribution in [2.45, 2.75) is 26.7 Å². The largest absolute Gasteiger partial charge is 0.362 e. The highest BCUT2D eigenvalue weighted by Crippen LogP contribution is 2.13. The fourth-order valence-electron chi connectivity index (χ4n) is 3.26. The fraction of sp³-hybridized carbons (Fsp3) is 0.421. The number of rotatable bonds is 3. The summed E-state index contributed by atoms with van der Waals surface area (Å²) in [6, 6.07) is 7.37. The van der Waals surface area contributed by atoms with E-state index >= 15 is 0 Å². The molecule has 25 heavy (non-hydrogen) atoms. The molecule has 132 valence electrons. The Balaban J connectivity index is 1.60. The second kappa shape index (κ2) is 7.51. The Morgan fingerprint density at radius 3 is 2.56 bits per heavy atom. The van der Waals surface area contributed by atoms with Gasteiger partial charge in [0.1, 0.15) is 5.69 Å². The van der Waals surface area contributed by atoms with Crippen LogP contribution in [0.1, 0.15) is 33.9 Å². The standard InChI is InChI=1S/C19H24N4O2/c1-14-12-16(15(2)21-14)13-18(24)22-8-5-9-23(11-10-22)19(25)17-6-3-4-7-20-17/h3-4,6-7,12,21H,5,8-11,13H2,1-2H3. The molecule has 2 aromatic rings. The monoisotopic (exact) mass is 340 g/mol. The van der Waals surface area contributed by atoms with Crippen LogP contribution in [-0.2, 0) is 11.2 Å². The van der Waals surface area contributed by atoms with Gasteiger partial charge in [0.2, 0.25) is 5.91 Å². The second-order valence-electron chi connectivity index (χ2n) is 6.52. The summed E-state index contributed by atoms with van der Waals surface area (Å²) in [5, 5.41) is 0. The Kier molecular flexibility index (Phi) is 5.16. The van der Waals surface area contributed by atoms with Crippen LogP contribution >= 0.6 is 0 Å². The molecule has 6 nitrogen and oxygen atoms in total. The van der Waals surface area contributed by atoms with Gasteiger partial charge in [-0.2, -0.15) is 0 Å². The number of hydrogen-bond acceptors (Lipinski definition) is 3. The Hall–Kier alpha value is -2.63. The fourth-order valence-corrected chi connectivity index (χ4v) is 3.26. The van der Waals surface area contributed by atoms with Gasteiger partial charge >= 0.3 is 0 Å². The smallest absolute Gasteiger partial charge is 0.272 e. The van der Waals surface area contributed by atoms with Crippen LogP contribution in [0.3, 0.4) is 0 Å². The number of pyridine rings is 1. The maximum Gasteiger partial charge on any atom is 0.272 e. The van der Waals surface area contributed by atoms with Crippen molar-refractivity contribution in [2.75, 3.05) is 26.2 Å². The van der Waals surface area contributed by atoms with Gasteiger partial charge in [-0.05, 0) is 44.0 Å². The van der Waals surface area contributed by atoms with E-state index < -0.39 is 0 Å². The average molecular weight is 340 g/mol. The van der Waals surface area contributed by atoms with Crippen molar-refractivity contribution in [3.63, 3.8) is 0 Å². The minimum absolute atomic E-state index is 0.0630. The van der Waals surface area contributed by atoms with Crippen molar-refractivity contribution in [2.24, 2.45) is 0 Å². The Bertz CT molecular complexity index is 754. The number of carbonyl (C=O) groups excluding carboxylic acids is 2. The third-order valence-electron chi connectivity index (χ3n) is 4.62. The zero-order valence-electron chi connectivity index (χ0n) is 14.8. The Labute approximate surface area is 147 Å². The summed E-state index contributed by atoms with van der Waals surface area (Å²) in [6.07, 6.45) is 2.82. The minimum atomic E-state index is -0.0630. The van der Waals surface area contributed by atoms with Gasteiger partial charge in [0.15, 0.2) is 0 Å². The van der Waals surface area contributed by atoms with E-state index in [0.29, 0.717) is 38.3 Å². The zero-order chi connectivity index (χ0) is 17.8. The number of aryl methyl sites for hydroxylation is 2. The number of carbonyl (C=O) groups is 2. The van der Waals surface area contributed by atoms with Gasteiger partial charge in [-0.1, -0.05) is 6.07 Å². The number of aromatic nitrogens is 2. The quantitative estimate of drug-likeness (QED) is 0.928. The van der Waals surface area contributed by atoms with E-state index in [1.54, 1.807) is 23.2 Å². The third kappa shape index (κ3) is 4.07. The molecule has 0 aromatic carbocycles. The predicted molar refractivity (Wildman–Crippen MR) is 95.3 cm³/mol. The van der Waals surface area contributed by atoms with Gasteiger partial charge in [0, 0.05) is 43.8 Å². The van der Waals surface area contributed by atoms with Crippen LogP contribution in [0.15, 0.2) is 30.5 Å². The molecule has 1 fully saturated rings. The molecule has 0 bridgehead atoms. The number of H-pyrrole nitrogens is 1. The normalized spacial score (nSPS) is 15.1. The lowest BCUT2D eigenvalue weighted by Gasteiger charge is -2.22. The van der Waals surface area contributed by atoms with Crippen molar-refractivity contribution in [1.29, 1.82) is 0 Å². The maximum atomic E-state index is 12.6. The lowest BCUT2D eigenvalue weighted by Crippen LogP contribution is -2.38. The van der Waals surface area contributed by atoms with Crippen LogP contribution in [0.5, 0.6) is 0 Å². The van der Waals surface area contributed by atoms with Gasteiger partial charge in [0.05, 0.1) is 6.42 Å². The molecule has 0 saturated carbocycles. The van der Waals surface area contributed by atoms with Gasteiger partial charge in [0.25, 0.3) is 5.91 Å². The van der Waals surface area contributed by atoms with E-state index in [1.807, 2.05) is 30.9 Å². The van der Waals surface area contributed by atoms with Crippen molar-refractivity contribution in [1.82, 2.24) is 19.8 Å². The number of amides is 2.